The Labute approximate surface area is 116 Å². The zero-order chi connectivity index (χ0) is 13.4. The van der Waals surface area contributed by atoms with E-state index in [0.29, 0.717) is 0 Å². The number of hydrogen-bond donors (Lipinski definition) is 2. The predicted octanol–water partition coefficient (Wildman–Crippen LogP) is 3.48. The van der Waals surface area contributed by atoms with Crippen LogP contribution in [0.3, 0.4) is 0 Å². The summed E-state index contributed by atoms with van der Waals surface area (Å²) in [6, 6.07) is 0.141. The molecule has 2 nitrogen and oxygen atoms in total. The number of aliphatic hydroxyl groups is 1. The maximum atomic E-state index is 13.5. The monoisotopic (exact) mass is 327 g/mol. The molecule has 0 amide bonds. The first kappa shape index (κ1) is 17.7. The van der Waals surface area contributed by atoms with Crippen LogP contribution in [0.2, 0.25) is 10.0 Å². The van der Waals surface area contributed by atoms with Crippen LogP contribution >= 0.6 is 35.6 Å². The van der Waals surface area contributed by atoms with Crippen LogP contribution in [0, 0.1) is 5.82 Å². The van der Waals surface area contributed by atoms with Crippen molar-refractivity contribution in [3.05, 3.63) is 33.6 Å². The molecule has 1 aromatic carbocycles. The van der Waals surface area contributed by atoms with E-state index in [1.807, 2.05) is 0 Å². The van der Waals surface area contributed by atoms with Gasteiger partial charge < -0.3 is 10.8 Å². The number of halogens is 7. The van der Waals surface area contributed by atoms with Crippen molar-refractivity contribution in [1.29, 1.82) is 0 Å². The smallest absolute Gasteiger partial charge is 0.382 e. The molecule has 0 aliphatic rings. The topological polar surface area (TPSA) is 46.2 Å². The van der Waals surface area contributed by atoms with Crippen molar-refractivity contribution in [2.45, 2.75) is 18.3 Å². The third-order valence-electron chi connectivity index (χ3n) is 2.09. The average Bonchev–Trinajstić information content (AvgIpc) is 2.21. The Morgan fingerprint density at radius 2 is 1.61 bits per heavy atom. The SMILES string of the molecule is Cl.N[C@H](c1c(Cl)ccc(Cl)c1F)[C@@H](O)C(F)(F)F. The van der Waals surface area contributed by atoms with E-state index in [0.717, 1.165) is 12.1 Å². The van der Waals surface area contributed by atoms with Gasteiger partial charge in [0.25, 0.3) is 0 Å². The summed E-state index contributed by atoms with van der Waals surface area (Å²) < 4.78 is 50.1. The molecule has 0 aromatic heterocycles. The third-order valence-corrected chi connectivity index (χ3v) is 2.71. The standard InChI is InChI=1S/C9H7Cl2F4NO.ClH/c10-3-1-2-4(11)6(12)5(3)7(16)8(17)9(13,14)15;/h1-2,7-8,17H,16H2;1H/t7-,8-;/m1./s1. The van der Waals surface area contributed by atoms with Gasteiger partial charge in [0, 0.05) is 10.6 Å². The maximum absolute atomic E-state index is 13.5. The van der Waals surface area contributed by atoms with Crippen molar-refractivity contribution in [3.8, 4) is 0 Å². The number of hydrogen-bond acceptors (Lipinski definition) is 2. The first-order chi connectivity index (χ1) is 7.66. The normalized spacial score (nSPS) is 14.9. The molecular weight excluding hydrogens is 320 g/mol. The minimum atomic E-state index is -4.97. The van der Waals surface area contributed by atoms with Crippen LogP contribution in [-0.2, 0) is 0 Å². The summed E-state index contributed by atoms with van der Waals surface area (Å²) in [5.74, 6) is -1.17. The van der Waals surface area contributed by atoms with Crippen LogP contribution in [0.1, 0.15) is 11.6 Å². The summed E-state index contributed by atoms with van der Waals surface area (Å²) in [5.41, 5.74) is 4.48. The maximum Gasteiger partial charge on any atom is 0.416 e. The van der Waals surface area contributed by atoms with Crippen LogP contribution in [0.5, 0.6) is 0 Å². The van der Waals surface area contributed by atoms with Gasteiger partial charge in [-0.1, -0.05) is 23.2 Å². The van der Waals surface area contributed by atoms with E-state index >= 15 is 0 Å². The highest BCUT2D eigenvalue weighted by atomic mass is 35.5. The summed E-state index contributed by atoms with van der Waals surface area (Å²) in [5, 5.41) is 8.18. The lowest BCUT2D eigenvalue weighted by Crippen LogP contribution is -2.39. The molecule has 1 aromatic rings. The summed E-state index contributed by atoms with van der Waals surface area (Å²) in [6.45, 7) is 0. The van der Waals surface area contributed by atoms with Crippen molar-refractivity contribution in [2.24, 2.45) is 5.73 Å². The molecule has 0 heterocycles. The predicted molar refractivity (Wildman–Crippen MR) is 62.7 cm³/mol. The first-order valence-electron chi connectivity index (χ1n) is 4.30. The fourth-order valence-corrected chi connectivity index (χ4v) is 1.65. The van der Waals surface area contributed by atoms with Gasteiger partial charge in [0.1, 0.15) is 5.82 Å². The average molecular weight is 329 g/mol. The molecule has 0 aliphatic heterocycles. The van der Waals surface area contributed by atoms with Gasteiger partial charge in [0.15, 0.2) is 6.10 Å². The van der Waals surface area contributed by atoms with Crippen molar-refractivity contribution < 1.29 is 22.7 Å². The molecule has 1 rings (SSSR count). The largest absolute Gasteiger partial charge is 0.416 e. The Hall–Kier alpha value is -0.270. The number of alkyl halides is 3. The highest BCUT2D eigenvalue weighted by molar-refractivity contribution is 6.33. The Bertz CT molecular complexity index is 427. The zero-order valence-electron chi connectivity index (χ0n) is 8.51. The lowest BCUT2D eigenvalue weighted by atomic mass is 10.0. The Morgan fingerprint density at radius 3 is 2.06 bits per heavy atom. The molecule has 0 unspecified atom stereocenters. The van der Waals surface area contributed by atoms with Crippen LogP contribution in [-0.4, -0.2) is 17.4 Å². The van der Waals surface area contributed by atoms with Gasteiger partial charge in [0.2, 0.25) is 0 Å². The molecule has 0 saturated heterocycles. The Balaban J connectivity index is 0.00000289. The van der Waals surface area contributed by atoms with E-state index in [-0.39, 0.29) is 17.4 Å². The molecule has 3 N–H and O–H groups in total. The number of aliphatic hydroxyl groups excluding tert-OH is 1. The second kappa shape index (κ2) is 6.25. The number of benzene rings is 1. The molecule has 0 fully saturated rings. The van der Waals surface area contributed by atoms with Gasteiger partial charge >= 0.3 is 6.18 Å². The van der Waals surface area contributed by atoms with Gasteiger partial charge in [-0.25, -0.2) is 4.39 Å². The Morgan fingerprint density at radius 1 is 1.17 bits per heavy atom. The van der Waals surface area contributed by atoms with Crippen molar-refractivity contribution in [1.82, 2.24) is 0 Å². The van der Waals surface area contributed by atoms with Crippen molar-refractivity contribution in [2.75, 3.05) is 0 Å². The van der Waals surface area contributed by atoms with Crippen LogP contribution in [0.15, 0.2) is 12.1 Å². The number of nitrogens with two attached hydrogens (primary N) is 1. The van der Waals surface area contributed by atoms with E-state index in [9.17, 15) is 17.6 Å². The molecule has 104 valence electrons. The fraction of sp³-hybridized carbons (Fsp3) is 0.333. The minimum absolute atomic E-state index is 0. The number of rotatable bonds is 2. The second-order valence-corrected chi connectivity index (χ2v) is 4.08. The highest BCUT2D eigenvalue weighted by Crippen LogP contribution is 2.35. The lowest BCUT2D eigenvalue weighted by molar-refractivity contribution is -0.210. The summed E-state index contributed by atoms with van der Waals surface area (Å²) in [6.07, 6.45) is -7.90. The first-order valence-corrected chi connectivity index (χ1v) is 5.05. The summed E-state index contributed by atoms with van der Waals surface area (Å²) >= 11 is 10.9. The van der Waals surface area contributed by atoms with E-state index < -0.39 is 34.7 Å². The molecule has 0 radical (unpaired) electrons. The van der Waals surface area contributed by atoms with Gasteiger partial charge in [-0.15, -0.1) is 12.4 Å². The zero-order valence-corrected chi connectivity index (χ0v) is 10.8. The van der Waals surface area contributed by atoms with Crippen molar-refractivity contribution in [3.63, 3.8) is 0 Å². The summed E-state index contributed by atoms with van der Waals surface area (Å²) in [4.78, 5) is 0. The van der Waals surface area contributed by atoms with E-state index in [2.05, 4.69) is 0 Å². The van der Waals surface area contributed by atoms with E-state index in [1.54, 1.807) is 0 Å². The minimum Gasteiger partial charge on any atom is -0.382 e. The van der Waals surface area contributed by atoms with Gasteiger partial charge in [-0.05, 0) is 12.1 Å². The molecule has 0 spiro atoms. The van der Waals surface area contributed by atoms with Crippen LogP contribution < -0.4 is 5.73 Å². The van der Waals surface area contributed by atoms with Crippen molar-refractivity contribution >= 4 is 35.6 Å². The molecular formula is C9H8Cl3F4NO. The Kier molecular flexibility index (Phi) is 6.16. The molecule has 2 atom stereocenters. The van der Waals surface area contributed by atoms with E-state index in [1.165, 1.54) is 0 Å². The van der Waals surface area contributed by atoms with E-state index in [4.69, 9.17) is 34.0 Å². The molecule has 0 aliphatic carbocycles. The molecule has 0 saturated carbocycles. The highest BCUT2D eigenvalue weighted by Gasteiger charge is 2.44. The van der Waals surface area contributed by atoms with Gasteiger partial charge in [0.05, 0.1) is 11.1 Å². The third kappa shape index (κ3) is 3.61. The van der Waals surface area contributed by atoms with Crippen LogP contribution in [0.4, 0.5) is 17.6 Å². The molecule has 0 bridgehead atoms. The fourth-order valence-electron chi connectivity index (χ4n) is 1.21. The lowest BCUT2D eigenvalue weighted by Gasteiger charge is -2.23. The van der Waals surface area contributed by atoms with Gasteiger partial charge in [-0.2, -0.15) is 13.2 Å². The molecule has 18 heavy (non-hydrogen) atoms. The summed E-state index contributed by atoms with van der Waals surface area (Å²) in [7, 11) is 0. The quantitative estimate of drug-likeness (QED) is 0.645. The van der Waals surface area contributed by atoms with Crippen LogP contribution in [0.25, 0.3) is 0 Å². The molecule has 9 heteroatoms. The van der Waals surface area contributed by atoms with Gasteiger partial charge in [-0.3, -0.25) is 0 Å². The second-order valence-electron chi connectivity index (χ2n) is 3.27.